The Bertz CT molecular complexity index is 684. The number of ether oxygens (including phenoxy) is 1. The molecule has 1 atom stereocenters. The molecule has 1 aliphatic heterocycles. The fourth-order valence-electron chi connectivity index (χ4n) is 3.02. The zero-order chi connectivity index (χ0) is 17.5. The van der Waals surface area contributed by atoms with Crippen LogP contribution in [0, 0.1) is 6.92 Å². The van der Waals surface area contributed by atoms with Gasteiger partial charge in [0.25, 0.3) is 0 Å². The smallest absolute Gasteiger partial charge is 0.318 e. The summed E-state index contributed by atoms with van der Waals surface area (Å²) >= 11 is 0. The normalized spacial score (nSPS) is 16.6. The van der Waals surface area contributed by atoms with Crippen LogP contribution < -0.4 is 5.32 Å². The molecule has 0 bridgehead atoms. The van der Waals surface area contributed by atoms with E-state index in [9.17, 15) is 4.79 Å². The predicted octanol–water partition coefficient (Wildman–Crippen LogP) is 3.28. The summed E-state index contributed by atoms with van der Waals surface area (Å²) in [5, 5.41) is 3.03. The number of aromatic nitrogens is 1. The lowest BCUT2D eigenvalue weighted by atomic mass is 10.1. The average Bonchev–Trinajstić information content (AvgIpc) is 3.15. The Hall–Kier alpha value is -2.40. The number of pyridine rings is 1. The number of aryl methyl sites for hydroxylation is 1. The first-order valence-corrected chi connectivity index (χ1v) is 8.80. The minimum absolute atomic E-state index is 0.0670. The molecule has 0 aliphatic carbocycles. The second-order valence-electron chi connectivity index (χ2n) is 6.46. The van der Waals surface area contributed by atoms with Crippen LogP contribution >= 0.6 is 0 Å². The number of nitrogens with one attached hydrogen (secondary N) is 1. The zero-order valence-corrected chi connectivity index (χ0v) is 14.6. The lowest BCUT2D eigenvalue weighted by Crippen LogP contribution is -2.42. The number of rotatable bonds is 6. The number of urea groups is 1. The molecule has 3 rings (SSSR count). The van der Waals surface area contributed by atoms with Crippen molar-refractivity contribution >= 4 is 6.03 Å². The fraction of sp³-hybridized carbons (Fsp3) is 0.400. The molecule has 2 amide bonds. The van der Waals surface area contributed by atoms with Crippen molar-refractivity contribution in [1.82, 2.24) is 15.2 Å². The molecule has 132 valence electrons. The second kappa shape index (κ2) is 8.62. The third kappa shape index (κ3) is 5.03. The molecule has 1 fully saturated rings. The van der Waals surface area contributed by atoms with Gasteiger partial charge in [-0.2, -0.15) is 0 Å². The van der Waals surface area contributed by atoms with Crippen molar-refractivity contribution in [2.45, 2.75) is 39.0 Å². The first-order chi connectivity index (χ1) is 12.2. The molecule has 0 spiro atoms. The van der Waals surface area contributed by atoms with Crippen LogP contribution in [0.3, 0.4) is 0 Å². The van der Waals surface area contributed by atoms with Crippen LogP contribution in [0.2, 0.25) is 0 Å². The standard InChI is InChI=1S/C20H25N3O2/c1-16-6-2-3-8-18(16)15-23(14-17-7-4-10-21-12-17)20(24)22-13-19-9-5-11-25-19/h2-4,6-8,10,12,19H,5,9,11,13-15H2,1H3,(H,22,24). The van der Waals surface area contributed by atoms with Crippen LogP contribution in [-0.2, 0) is 17.8 Å². The van der Waals surface area contributed by atoms with Crippen molar-refractivity contribution in [2.75, 3.05) is 13.2 Å². The molecule has 2 heterocycles. The molecular formula is C20H25N3O2. The fourth-order valence-corrected chi connectivity index (χ4v) is 3.02. The van der Waals surface area contributed by atoms with E-state index in [1.165, 1.54) is 5.56 Å². The Morgan fingerprint density at radius 3 is 2.88 bits per heavy atom. The zero-order valence-electron chi connectivity index (χ0n) is 14.6. The highest BCUT2D eigenvalue weighted by Crippen LogP contribution is 2.14. The average molecular weight is 339 g/mol. The molecule has 5 nitrogen and oxygen atoms in total. The number of carbonyl (C=O) groups excluding carboxylic acids is 1. The van der Waals surface area contributed by atoms with Gasteiger partial charge in [0.15, 0.2) is 0 Å². The molecule has 0 radical (unpaired) electrons. The van der Waals surface area contributed by atoms with Gasteiger partial charge in [-0.05, 0) is 42.5 Å². The molecule has 1 aliphatic rings. The van der Waals surface area contributed by atoms with Gasteiger partial charge in [0, 0.05) is 38.6 Å². The highest BCUT2D eigenvalue weighted by molar-refractivity contribution is 5.74. The molecule has 1 saturated heterocycles. The van der Waals surface area contributed by atoms with Gasteiger partial charge in [0.2, 0.25) is 0 Å². The Labute approximate surface area is 149 Å². The lowest BCUT2D eigenvalue weighted by Gasteiger charge is -2.25. The van der Waals surface area contributed by atoms with E-state index in [-0.39, 0.29) is 12.1 Å². The first kappa shape index (κ1) is 17.4. The second-order valence-corrected chi connectivity index (χ2v) is 6.46. The Morgan fingerprint density at radius 1 is 1.28 bits per heavy atom. The maximum absolute atomic E-state index is 12.8. The summed E-state index contributed by atoms with van der Waals surface area (Å²) in [6.45, 7) is 4.53. The third-order valence-corrected chi connectivity index (χ3v) is 4.51. The van der Waals surface area contributed by atoms with Gasteiger partial charge in [0.05, 0.1) is 6.10 Å². The molecule has 1 aromatic heterocycles. The first-order valence-electron chi connectivity index (χ1n) is 8.80. The topological polar surface area (TPSA) is 54.5 Å². The minimum atomic E-state index is -0.0670. The summed E-state index contributed by atoms with van der Waals surface area (Å²) in [5.41, 5.74) is 3.35. The van der Waals surface area contributed by atoms with Crippen molar-refractivity contribution < 1.29 is 9.53 Å². The largest absolute Gasteiger partial charge is 0.376 e. The van der Waals surface area contributed by atoms with Gasteiger partial charge < -0.3 is 15.0 Å². The monoisotopic (exact) mass is 339 g/mol. The van der Waals surface area contributed by atoms with Crippen molar-refractivity contribution in [3.63, 3.8) is 0 Å². The Balaban J connectivity index is 1.68. The van der Waals surface area contributed by atoms with Crippen molar-refractivity contribution in [3.8, 4) is 0 Å². The van der Waals surface area contributed by atoms with Crippen LogP contribution in [0.4, 0.5) is 4.79 Å². The van der Waals surface area contributed by atoms with Crippen LogP contribution in [-0.4, -0.2) is 35.2 Å². The summed E-state index contributed by atoms with van der Waals surface area (Å²) in [4.78, 5) is 18.7. The number of carbonyl (C=O) groups is 1. The summed E-state index contributed by atoms with van der Waals surface area (Å²) < 4.78 is 5.60. The lowest BCUT2D eigenvalue weighted by molar-refractivity contribution is 0.108. The summed E-state index contributed by atoms with van der Waals surface area (Å²) in [7, 11) is 0. The predicted molar refractivity (Wildman–Crippen MR) is 97.0 cm³/mol. The highest BCUT2D eigenvalue weighted by Gasteiger charge is 2.19. The quantitative estimate of drug-likeness (QED) is 0.879. The van der Waals surface area contributed by atoms with E-state index >= 15 is 0 Å². The Kier molecular flexibility index (Phi) is 6.01. The number of benzene rings is 1. The highest BCUT2D eigenvalue weighted by atomic mass is 16.5. The third-order valence-electron chi connectivity index (χ3n) is 4.51. The van der Waals surface area contributed by atoms with Gasteiger partial charge in [-0.25, -0.2) is 4.79 Å². The molecule has 1 aromatic carbocycles. The summed E-state index contributed by atoms with van der Waals surface area (Å²) in [5.74, 6) is 0. The molecule has 5 heteroatoms. The van der Waals surface area contributed by atoms with Gasteiger partial charge in [-0.15, -0.1) is 0 Å². The number of amides is 2. The number of hydrogen-bond acceptors (Lipinski definition) is 3. The summed E-state index contributed by atoms with van der Waals surface area (Å²) in [6, 6.07) is 12.0. The molecule has 25 heavy (non-hydrogen) atoms. The van der Waals surface area contributed by atoms with E-state index in [0.29, 0.717) is 19.6 Å². The maximum atomic E-state index is 12.8. The molecule has 1 unspecified atom stereocenters. The van der Waals surface area contributed by atoms with E-state index in [0.717, 1.165) is 30.6 Å². The summed E-state index contributed by atoms with van der Waals surface area (Å²) in [6.07, 6.45) is 5.78. The van der Waals surface area contributed by atoms with Gasteiger partial charge in [-0.3, -0.25) is 4.98 Å². The van der Waals surface area contributed by atoms with E-state index in [2.05, 4.69) is 29.4 Å². The van der Waals surface area contributed by atoms with Crippen molar-refractivity contribution in [3.05, 3.63) is 65.5 Å². The van der Waals surface area contributed by atoms with Crippen molar-refractivity contribution in [2.24, 2.45) is 0 Å². The van der Waals surface area contributed by atoms with E-state index < -0.39 is 0 Å². The van der Waals surface area contributed by atoms with Crippen LogP contribution in [0.1, 0.15) is 29.5 Å². The van der Waals surface area contributed by atoms with Gasteiger partial charge in [0.1, 0.15) is 0 Å². The van der Waals surface area contributed by atoms with Gasteiger partial charge >= 0.3 is 6.03 Å². The Morgan fingerprint density at radius 2 is 2.16 bits per heavy atom. The molecular weight excluding hydrogens is 314 g/mol. The van der Waals surface area contributed by atoms with E-state index in [1.807, 2.05) is 29.2 Å². The molecule has 2 aromatic rings. The minimum Gasteiger partial charge on any atom is -0.376 e. The van der Waals surface area contributed by atoms with E-state index in [1.54, 1.807) is 12.4 Å². The molecule has 0 saturated carbocycles. The van der Waals surface area contributed by atoms with Crippen LogP contribution in [0.25, 0.3) is 0 Å². The van der Waals surface area contributed by atoms with Crippen LogP contribution in [0.5, 0.6) is 0 Å². The molecule has 1 N–H and O–H groups in total. The van der Waals surface area contributed by atoms with Gasteiger partial charge in [-0.1, -0.05) is 30.3 Å². The number of nitrogens with zero attached hydrogens (tertiary/aromatic N) is 2. The van der Waals surface area contributed by atoms with Crippen LogP contribution in [0.15, 0.2) is 48.8 Å². The maximum Gasteiger partial charge on any atom is 0.318 e. The SMILES string of the molecule is Cc1ccccc1CN(Cc1cccnc1)C(=O)NCC1CCCO1. The van der Waals surface area contributed by atoms with E-state index in [4.69, 9.17) is 4.74 Å². The van der Waals surface area contributed by atoms with Crippen molar-refractivity contribution in [1.29, 1.82) is 0 Å². The number of hydrogen-bond donors (Lipinski definition) is 1.